The largest absolute Gasteiger partial charge is 0.467 e. The van der Waals surface area contributed by atoms with E-state index in [9.17, 15) is 4.79 Å². The maximum absolute atomic E-state index is 11.6. The second kappa shape index (κ2) is 7.13. The van der Waals surface area contributed by atoms with Gasteiger partial charge in [-0.15, -0.1) is 0 Å². The van der Waals surface area contributed by atoms with Crippen molar-refractivity contribution < 1.29 is 14.3 Å². The lowest BCUT2D eigenvalue weighted by molar-refractivity contribution is -0.156. The van der Waals surface area contributed by atoms with Crippen LogP contribution in [0.1, 0.15) is 25.0 Å². The highest BCUT2D eigenvalue weighted by Crippen LogP contribution is 2.12. The zero-order chi connectivity index (χ0) is 13.5. The monoisotopic (exact) mass is 251 g/mol. The molecule has 0 saturated carbocycles. The first-order chi connectivity index (χ1) is 8.56. The molecule has 0 heterocycles. The standard InChI is InChI=1S/C14H21NO3/c1-10(2)18-13(14(16)17-3)8-11-5-4-6-12(7-11)9-15/h4-7,10,13H,8-9,15H2,1-3H3. The summed E-state index contributed by atoms with van der Waals surface area (Å²) in [5.41, 5.74) is 7.66. The zero-order valence-corrected chi connectivity index (χ0v) is 11.2. The van der Waals surface area contributed by atoms with Crippen molar-refractivity contribution in [2.75, 3.05) is 7.11 Å². The minimum Gasteiger partial charge on any atom is -0.467 e. The average molecular weight is 251 g/mol. The predicted octanol–water partition coefficient (Wildman–Crippen LogP) is 1.65. The molecule has 100 valence electrons. The molecule has 1 rings (SSSR count). The molecule has 0 aromatic heterocycles. The number of hydrogen-bond acceptors (Lipinski definition) is 4. The molecule has 0 radical (unpaired) electrons. The fourth-order valence-electron chi connectivity index (χ4n) is 1.74. The average Bonchev–Trinajstić information content (AvgIpc) is 2.36. The molecule has 0 amide bonds. The van der Waals surface area contributed by atoms with Gasteiger partial charge < -0.3 is 15.2 Å². The molecule has 4 nitrogen and oxygen atoms in total. The van der Waals surface area contributed by atoms with Crippen molar-refractivity contribution in [3.05, 3.63) is 35.4 Å². The summed E-state index contributed by atoms with van der Waals surface area (Å²) in [5, 5.41) is 0. The number of carbonyl (C=O) groups excluding carboxylic acids is 1. The maximum Gasteiger partial charge on any atom is 0.335 e. The molecule has 0 fully saturated rings. The zero-order valence-electron chi connectivity index (χ0n) is 11.2. The third-order valence-electron chi connectivity index (χ3n) is 2.55. The van der Waals surface area contributed by atoms with Crippen LogP contribution >= 0.6 is 0 Å². The molecule has 1 aromatic carbocycles. The van der Waals surface area contributed by atoms with Gasteiger partial charge in [-0.05, 0) is 25.0 Å². The van der Waals surface area contributed by atoms with Gasteiger partial charge in [0, 0.05) is 13.0 Å². The van der Waals surface area contributed by atoms with E-state index in [1.165, 1.54) is 7.11 Å². The summed E-state index contributed by atoms with van der Waals surface area (Å²) < 4.78 is 10.3. The number of hydrogen-bond donors (Lipinski definition) is 1. The highest BCUT2D eigenvalue weighted by molar-refractivity contribution is 5.75. The van der Waals surface area contributed by atoms with Crippen LogP contribution < -0.4 is 5.73 Å². The van der Waals surface area contributed by atoms with Crippen LogP contribution in [-0.2, 0) is 27.2 Å². The molecule has 0 aliphatic carbocycles. The Morgan fingerprint density at radius 2 is 2.00 bits per heavy atom. The molecule has 0 aliphatic heterocycles. The minimum atomic E-state index is -0.567. The van der Waals surface area contributed by atoms with Crippen molar-refractivity contribution >= 4 is 5.97 Å². The van der Waals surface area contributed by atoms with Gasteiger partial charge in [-0.2, -0.15) is 0 Å². The molecule has 1 atom stereocenters. The van der Waals surface area contributed by atoms with Crippen molar-refractivity contribution in [2.24, 2.45) is 5.73 Å². The van der Waals surface area contributed by atoms with Gasteiger partial charge in [0.25, 0.3) is 0 Å². The summed E-state index contributed by atoms with van der Waals surface area (Å²) in [4.78, 5) is 11.6. The Hall–Kier alpha value is -1.39. The van der Waals surface area contributed by atoms with Crippen LogP contribution in [0, 0.1) is 0 Å². The fourth-order valence-corrected chi connectivity index (χ4v) is 1.74. The van der Waals surface area contributed by atoms with E-state index < -0.39 is 6.10 Å². The van der Waals surface area contributed by atoms with E-state index in [4.69, 9.17) is 15.2 Å². The lowest BCUT2D eigenvalue weighted by Gasteiger charge is -2.18. The Kier molecular flexibility index (Phi) is 5.82. The summed E-state index contributed by atoms with van der Waals surface area (Å²) in [5.74, 6) is -0.346. The van der Waals surface area contributed by atoms with Gasteiger partial charge in [-0.1, -0.05) is 24.3 Å². The summed E-state index contributed by atoms with van der Waals surface area (Å²) in [7, 11) is 1.37. The quantitative estimate of drug-likeness (QED) is 0.781. The topological polar surface area (TPSA) is 61.5 Å². The number of nitrogens with two attached hydrogens (primary N) is 1. The van der Waals surface area contributed by atoms with Gasteiger partial charge in [0.15, 0.2) is 6.10 Å². The molecule has 18 heavy (non-hydrogen) atoms. The molecule has 1 unspecified atom stereocenters. The number of ether oxygens (including phenoxy) is 2. The second-order valence-electron chi connectivity index (χ2n) is 4.42. The molecule has 0 spiro atoms. The Morgan fingerprint density at radius 3 is 2.56 bits per heavy atom. The van der Waals surface area contributed by atoms with Gasteiger partial charge in [0.05, 0.1) is 13.2 Å². The van der Waals surface area contributed by atoms with Crippen LogP contribution in [0.4, 0.5) is 0 Å². The minimum absolute atomic E-state index is 0.0215. The number of benzene rings is 1. The van der Waals surface area contributed by atoms with Crippen molar-refractivity contribution in [1.29, 1.82) is 0 Å². The summed E-state index contributed by atoms with van der Waals surface area (Å²) in [6.45, 7) is 4.28. The Bertz CT molecular complexity index is 390. The third kappa shape index (κ3) is 4.47. The van der Waals surface area contributed by atoms with Gasteiger partial charge in [0.2, 0.25) is 0 Å². The Balaban J connectivity index is 2.78. The van der Waals surface area contributed by atoms with Crippen LogP contribution in [0.25, 0.3) is 0 Å². The summed E-state index contributed by atoms with van der Waals surface area (Å²) in [6, 6.07) is 7.83. The first-order valence-corrected chi connectivity index (χ1v) is 6.08. The Morgan fingerprint density at radius 1 is 1.33 bits per heavy atom. The van der Waals surface area contributed by atoms with Gasteiger partial charge in [-0.3, -0.25) is 0 Å². The fraction of sp³-hybridized carbons (Fsp3) is 0.500. The van der Waals surface area contributed by atoms with Crippen molar-refractivity contribution in [3.63, 3.8) is 0 Å². The molecular formula is C14H21NO3. The number of rotatable bonds is 6. The van der Waals surface area contributed by atoms with Crippen LogP contribution in [0.2, 0.25) is 0 Å². The first kappa shape index (κ1) is 14.7. The van der Waals surface area contributed by atoms with E-state index in [2.05, 4.69) is 0 Å². The number of methoxy groups -OCH3 is 1. The van der Waals surface area contributed by atoms with Crippen LogP contribution in [0.3, 0.4) is 0 Å². The molecule has 0 bridgehead atoms. The second-order valence-corrected chi connectivity index (χ2v) is 4.42. The normalized spacial score (nSPS) is 12.5. The molecule has 2 N–H and O–H groups in total. The van der Waals surface area contributed by atoms with Crippen molar-refractivity contribution in [3.8, 4) is 0 Å². The molecule has 0 saturated heterocycles. The first-order valence-electron chi connectivity index (χ1n) is 6.08. The van der Waals surface area contributed by atoms with E-state index >= 15 is 0 Å². The smallest absolute Gasteiger partial charge is 0.335 e. The SMILES string of the molecule is COC(=O)C(Cc1cccc(CN)c1)OC(C)C. The summed E-state index contributed by atoms with van der Waals surface area (Å²) in [6.07, 6.45) is -0.0894. The van der Waals surface area contributed by atoms with Crippen LogP contribution in [0.5, 0.6) is 0 Å². The van der Waals surface area contributed by atoms with E-state index in [1.54, 1.807) is 0 Å². The lowest BCUT2D eigenvalue weighted by atomic mass is 10.0. The van der Waals surface area contributed by atoms with Crippen molar-refractivity contribution in [1.82, 2.24) is 0 Å². The molecule has 4 heteroatoms. The summed E-state index contributed by atoms with van der Waals surface area (Å²) >= 11 is 0. The molecule has 1 aromatic rings. The molecular weight excluding hydrogens is 230 g/mol. The van der Waals surface area contributed by atoms with E-state index in [1.807, 2.05) is 38.1 Å². The van der Waals surface area contributed by atoms with E-state index in [0.29, 0.717) is 13.0 Å². The maximum atomic E-state index is 11.6. The predicted molar refractivity (Wildman–Crippen MR) is 70.1 cm³/mol. The highest BCUT2D eigenvalue weighted by atomic mass is 16.6. The van der Waals surface area contributed by atoms with E-state index in [-0.39, 0.29) is 12.1 Å². The lowest BCUT2D eigenvalue weighted by Crippen LogP contribution is -2.30. The van der Waals surface area contributed by atoms with Crippen LogP contribution in [-0.4, -0.2) is 25.3 Å². The van der Waals surface area contributed by atoms with Gasteiger partial charge in [-0.25, -0.2) is 4.79 Å². The third-order valence-corrected chi connectivity index (χ3v) is 2.55. The van der Waals surface area contributed by atoms with Crippen molar-refractivity contribution in [2.45, 2.75) is 39.0 Å². The van der Waals surface area contributed by atoms with Gasteiger partial charge in [0.1, 0.15) is 0 Å². The Labute approximate surface area is 108 Å². The highest BCUT2D eigenvalue weighted by Gasteiger charge is 2.21. The molecule has 0 aliphatic rings. The number of esters is 1. The van der Waals surface area contributed by atoms with Gasteiger partial charge >= 0.3 is 5.97 Å². The van der Waals surface area contributed by atoms with E-state index in [0.717, 1.165) is 11.1 Å². The van der Waals surface area contributed by atoms with Crippen LogP contribution in [0.15, 0.2) is 24.3 Å². The number of carbonyl (C=O) groups is 1.